The number of benzene rings is 2. The van der Waals surface area contributed by atoms with E-state index in [0.717, 1.165) is 12.0 Å². The molecule has 0 radical (unpaired) electrons. The summed E-state index contributed by atoms with van der Waals surface area (Å²) in [4.78, 5) is 6.49. The molecule has 5 nitrogen and oxygen atoms in total. The lowest BCUT2D eigenvalue weighted by atomic mass is 10.1. The summed E-state index contributed by atoms with van der Waals surface area (Å²) < 4.78 is 0. The van der Waals surface area contributed by atoms with Gasteiger partial charge in [-0.1, -0.05) is 59.6 Å². The molecule has 0 fully saturated rings. The van der Waals surface area contributed by atoms with Crippen molar-refractivity contribution < 1.29 is 0 Å². The van der Waals surface area contributed by atoms with Crippen LogP contribution in [0.25, 0.3) is 0 Å². The Hall–Kier alpha value is -2.37. The molecule has 3 aromatic rings. The second-order valence-corrected chi connectivity index (χ2v) is 6.74. The van der Waals surface area contributed by atoms with Crippen LogP contribution in [0.2, 0.25) is 10.0 Å². The Balaban J connectivity index is 1.58. The van der Waals surface area contributed by atoms with Gasteiger partial charge in [-0.25, -0.2) is 0 Å². The Bertz CT molecular complexity index is 858. The van der Waals surface area contributed by atoms with E-state index in [1.807, 2.05) is 42.3 Å². The van der Waals surface area contributed by atoms with E-state index < -0.39 is 0 Å². The van der Waals surface area contributed by atoms with Crippen LogP contribution in [0, 0.1) is 0 Å². The van der Waals surface area contributed by atoms with Crippen LogP contribution in [0.3, 0.4) is 0 Å². The molecule has 0 aliphatic carbocycles. The molecule has 0 saturated heterocycles. The van der Waals surface area contributed by atoms with E-state index in [1.165, 1.54) is 5.56 Å². The first-order valence-electron chi connectivity index (χ1n) is 8.24. The van der Waals surface area contributed by atoms with E-state index in [1.54, 1.807) is 12.3 Å². The van der Waals surface area contributed by atoms with E-state index in [4.69, 9.17) is 23.2 Å². The van der Waals surface area contributed by atoms with Gasteiger partial charge in [-0.2, -0.15) is 10.1 Å². The van der Waals surface area contributed by atoms with Crippen molar-refractivity contribution >= 4 is 35.0 Å². The minimum atomic E-state index is 0.573. The molecule has 0 saturated carbocycles. The number of nitrogens with one attached hydrogen (secondary N) is 1. The third-order valence-corrected chi connectivity index (χ3v) is 4.45. The van der Waals surface area contributed by atoms with Crippen LogP contribution in [0.1, 0.15) is 11.1 Å². The summed E-state index contributed by atoms with van der Waals surface area (Å²) in [5.74, 6) is 1.25. The fourth-order valence-electron chi connectivity index (χ4n) is 2.52. The SMILES string of the molecule is CN(Cc1ccccc1)c1nncc(NCCc2ccc(Cl)cc2Cl)n1. The largest absolute Gasteiger partial charge is 0.368 e. The molecule has 26 heavy (non-hydrogen) atoms. The highest BCUT2D eigenvalue weighted by molar-refractivity contribution is 6.35. The topological polar surface area (TPSA) is 53.9 Å². The predicted molar refractivity (Wildman–Crippen MR) is 107 cm³/mol. The van der Waals surface area contributed by atoms with Crippen LogP contribution in [0.5, 0.6) is 0 Å². The van der Waals surface area contributed by atoms with Crippen LogP contribution in [-0.2, 0) is 13.0 Å². The smallest absolute Gasteiger partial charge is 0.247 e. The van der Waals surface area contributed by atoms with Gasteiger partial charge < -0.3 is 10.2 Å². The normalized spacial score (nSPS) is 10.6. The molecule has 0 spiro atoms. The monoisotopic (exact) mass is 387 g/mol. The first-order valence-corrected chi connectivity index (χ1v) is 9.00. The van der Waals surface area contributed by atoms with Crippen molar-refractivity contribution in [3.8, 4) is 0 Å². The zero-order valence-electron chi connectivity index (χ0n) is 14.4. The summed E-state index contributed by atoms with van der Waals surface area (Å²) in [7, 11) is 1.95. The second-order valence-electron chi connectivity index (χ2n) is 5.90. The predicted octanol–water partition coefficient (Wildman–Crippen LogP) is 4.47. The molecule has 3 rings (SSSR count). The molecule has 2 aromatic carbocycles. The molecule has 0 aliphatic heterocycles. The van der Waals surface area contributed by atoms with Gasteiger partial charge in [0.25, 0.3) is 0 Å². The number of nitrogens with zero attached hydrogens (tertiary/aromatic N) is 4. The molecule has 134 valence electrons. The van der Waals surface area contributed by atoms with E-state index in [9.17, 15) is 0 Å². The third-order valence-electron chi connectivity index (χ3n) is 3.87. The number of hydrogen-bond acceptors (Lipinski definition) is 5. The van der Waals surface area contributed by atoms with Gasteiger partial charge in [-0.3, -0.25) is 0 Å². The third kappa shape index (κ3) is 5.07. The van der Waals surface area contributed by atoms with Crippen LogP contribution in [-0.4, -0.2) is 28.8 Å². The number of anilines is 2. The Kier molecular flexibility index (Phi) is 6.26. The molecule has 0 amide bonds. The second kappa shape index (κ2) is 8.83. The van der Waals surface area contributed by atoms with E-state index in [-0.39, 0.29) is 0 Å². The zero-order valence-corrected chi connectivity index (χ0v) is 15.9. The van der Waals surface area contributed by atoms with Crippen LogP contribution < -0.4 is 10.2 Å². The maximum Gasteiger partial charge on any atom is 0.247 e. The number of halogens is 2. The van der Waals surface area contributed by atoms with Gasteiger partial charge in [-0.15, -0.1) is 5.10 Å². The summed E-state index contributed by atoms with van der Waals surface area (Å²) in [6.07, 6.45) is 2.37. The van der Waals surface area contributed by atoms with Crippen molar-refractivity contribution in [2.75, 3.05) is 23.8 Å². The first-order chi connectivity index (χ1) is 12.6. The van der Waals surface area contributed by atoms with Gasteiger partial charge in [0.1, 0.15) is 0 Å². The van der Waals surface area contributed by atoms with E-state index in [0.29, 0.717) is 34.9 Å². The van der Waals surface area contributed by atoms with Crippen molar-refractivity contribution in [3.05, 3.63) is 75.9 Å². The molecule has 1 N–H and O–H groups in total. The number of hydrogen-bond donors (Lipinski definition) is 1. The molecule has 0 bridgehead atoms. The average molecular weight is 388 g/mol. The summed E-state index contributed by atoms with van der Waals surface area (Å²) in [5.41, 5.74) is 2.22. The molecule has 7 heteroatoms. The van der Waals surface area contributed by atoms with Crippen LogP contribution in [0.15, 0.2) is 54.7 Å². The van der Waals surface area contributed by atoms with Gasteiger partial charge in [0.2, 0.25) is 5.95 Å². The van der Waals surface area contributed by atoms with Crippen LogP contribution >= 0.6 is 23.2 Å². The van der Waals surface area contributed by atoms with Crippen molar-refractivity contribution in [2.24, 2.45) is 0 Å². The van der Waals surface area contributed by atoms with Gasteiger partial charge >= 0.3 is 0 Å². The van der Waals surface area contributed by atoms with Crippen LogP contribution in [0.4, 0.5) is 11.8 Å². The molecule has 0 unspecified atom stereocenters. The lowest BCUT2D eigenvalue weighted by Gasteiger charge is -2.17. The lowest BCUT2D eigenvalue weighted by molar-refractivity contribution is 0.827. The Labute approximate surface area is 163 Å². The van der Waals surface area contributed by atoms with Crippen molar-refractivity contribution in [1.82, 2.24) is 15.2 Å². The molecule has 0 aliphatic rings. The maximum absolute atomic E-state index is 6.20. The standard InChI is InChI=1S/C19H19Cl2N5/c1-26(13-14-5-3-2-4-6-14)19-24-18(12-23-25-19)22-10-9-15-7-8-16(20)11-17(15)21/h2-8,11-12H,9-10,13H2,1H3,(H,22,24,25). The van der Waals surface area contributed by atoms with Gasteiger partial charge in [0.05, 0.1) is 6.20 Å². The Morgan fingerprint density at radius 2 is 1.88 bits per heavy atom. The first kappa shape index (κ1) is 18.4. The number of rotatable bonds is 7. The summed E-state index contributed by atoms with van der Waals surface area (Å²) in [6, 6.07) is 15.7. The van der Waals surface area contributed by atoms with E-state index in [2.05, 4.69) is 32.6 Å². The molecule has 0 atom stereocenters. The minimum Gasteiger partial charge on any atom is -0.368 e. The lowest BCUT2D eigenvalue weighted by Crippen LogP contribution is -2.20. The molecular formula is C19H19Cl2N5. The zero-order chi connectivity index (χ0) is 18.4. The molecular weight excluding hydrogens is 369 g/mol. The van der Waals surface area contributed by atoms with Gasteiger partial charge in [0.15, 0.2) is 5.82 Å². The highest BCUT2D eigenvalue weighted by Crippen LogP contribution is 2.21. The summed E-state index contributed by atoms with van der Waals surface area (Å²) in [5, 5.41) is 12.7. The molecule has 1 heterocycles. The number of aromatic nitrogens is 3. The van der Waals surface area contributed by atoms with Crippen molar-refractivity contribution in [1.29, 1.82) is 0 Å². The fourth-order valence-corrected chi connectivity index (χ4v) is 3.02. The van der Waals surface area contributed by atoms with Crippen molar-refractivity contribution in [3.63, 3.8) is 0 Å². The van der Waals surface area contributed by atoms with Gasteiger partial charge in [0, 0.05) is 30.2 Å². The fraction of sp³-hybridized carbons (Fsp3) is 0.211. The summed E-state index contributed by atoms with van der Waals surface area (Å²) >= 11 is 12.1. The minimum absolute atomic E-state index is 0.573. The Morgan fingerprint density at radius 3 is 2.65 bits per heavy atom. The maximum atomic E-state index is 6.20. The summed E-state index contributed by atoms with van der Waals surface area (Å²) in [6.45, 7) is 1.40. The molecule has 1 aromatic heterocycles. The van der Waals surface area contributed by atoms with Crippen molar-refractivity contribution in [2.45, 2.75) is 13.0 Å². The average Bonchev–Trinajstić information content (AvgIpc) is 2.64. The Morgan fingerprint density at radius 1 is 1.08 bits per heavy atom. The highest BCUT2D eigenvalue weighted by Gasteiger charge is 2.08. The van der Waals surface area contributed by atoms with E-state index >= 15 is 0 Å². The highest BCUT2D eigenvalue weighted by atomic mass is 35.5. The quantitative estimate of drug-likeness (QED) is 0.647. The van der Waals surface area contributed by atoms with Gasteiger partial charge in [-0.05, 0) is 29.7 Å².